The Balaban J connectivity index is 2.81. The number of rotatable bonds is 5. The number of nitrogen functional groups attached to an aromatic ring is 1. The second-order valence-electron chi connectivity index (χ2n) is 4.56. The van der Waals surface area contributed by atoms with Crippen molar-refractivity contribution in [1.82, 2.24) is 4.90 Å². The van der Waals surface area contributed by atoms with Crippen LogP contribution in [-0.2, 0) is 9.53 Å². The molecule has 1 aromatic rings. The number of benzene rings is 1. The van der Waals surface area contributed by atoms with Gasteiger partial charge in [-0.15, -0.1) is 0 Å². The lowest BCUT2D eigenvalue weighted by Gasteiger charge is -2.21. The number of esters is 1. The number of nitrogens with two attached hydrogens (primary N) is 1. The fourth-order valence-corrected chi connectivity index (χ4v) is 1.84. The number of anilines is 1. The summed E-state index contributed by atoms with van der Waals surface area (Å²) in [6, 6.07) is 4.86. The molecule has 0 bridgehead atoms. The summed E-state index contributed by atoms with van der Waals surface area (Å²) in [4.78, 5) is 25.1. The highest BCUT2D eigenvalue weighted by atomic mass is 16.5. The Bertz CT molecular complexity index is 502. The largest absolute Gasteiger partial charge is 0.497 e. The summed E-state index contributed by atoms with van der Waals surface area (Å²) in [5.74, 6) is -0.411. The Morgan fingerprint density at radius 1 is 1.35 bits per heavy atom. The molecule has 0 heterocycles. The first-order valence-corrected chi connectivity index (χ1v) is 6.17. The van der Waals surface area contributed by atoms with Crippen LogP contribution in [0.5, 0.6) is 5.75 Å². The average Bonchev–Trinajstić information content (AvgIpc) is 2.45. The normalized spacial score (nSPS) is 11.6. The smallest absolute Gasteiger partial charge is 0.310 e. The average molecular weight is 280 g/mol. The number of hydrogen-bond donors (Lipinski definition) is 1. The van der Waals surface area contributed by atoms with Gasteiger partial charge < -0.3 is 20.1 Å². The van der Waals surface area contributed by atoms with Crippen LogP contribution in [-0.4, -0.2) is 44.6 Å². The third kappa shape index (κ3) is 3.63. The Labute approximate surface area is 118 Å². The molecule has 1 amide bonds. The Morgan fingerprint density at radius 3 is 2.50 bits per heavy atom. The maximum absolute atomic E-state index is 12.3. The van der Waals surface area contributed by atoms with Crippen LogP contribution < -0.4 is 10.5 Å². The van der Waals surface area contributed by atoms with E-state index in [0.717, 1.165) is 0 Å². The van der Waals surface area contributed by atoms with Crippen LogP contribution in [0.15, 0.2) is 18.2 Å². The van der Waals surface area contributed by atoms with Crippen molar-refractivity contribution in [2.45, 2.75) is 6.92 Å². The second-order valence-corrected chi connectivity index (χ2v) is 4.56. The van der Waals surface area contributed by atoms with Crippen molar-refractivity contribution in [1.29, 1.82) is 0 Å². The number of carbonyl (C=O) groups excluding carboxylic acids is 2. The molecule has 0 aliphatic rings. The van der Waals surface area contributed by atoms with E-state index >= 15 is 0 Å². The predicted octanol–water partition coefficient (Wildman–Crippen LogP) is 1.16. The molecular weight excluding hydrogens is 260 g/mol. The number of methoxy groups -OCH3 is 2. The van der Waals surface area contributed by atoms with E-state index in [1.807, 2.05) is 0 Å². The van der Waals surface area contributed by atoms with Gasteiger partial charge in [0.2, 0.25) is 0 Å². The number of ether oxygens (including phenoxy) is 2. The van der Waals surface area contributed by atoms with E-state index in [1.54, 1.807) is 32.2 Å². The summed E-state index contributed by atoms with van der Waals surface area (Å²) in [5, 5.41) is 0. The van der Waals surface area contributed by atoms with Crippen molar-refractivity contribution in [2.75, 3.05) is 33.5 Å². The van der Waals surface area contributed by atoms with E-state index in [9.17, 15) is 9.59 Å². The highest BCUT2D eigenvalue weighted by molar-refractivity contribution is 5.99. The summed E-state index contributed by atoms with van der Waals surface area (Å²) in [7, 11) is 4.47. The van der Waals surface area contributed by atoms with Crippen molar-refractivity contribution in [3.8, 4) is 5.75 Å². The number of nitrogens with zero attached hydrogens (tertiary/aromatic N) is 1. The molecule has 0 spiro atoms. The molecule has 2 N–H and O–H groups in total. The minimum atomic E-state index is -0.395. The molecular formula is C14H20N2O4. The van der Waals surface area contributed by atoms with Gasteiger partial charge in [0, 0.05) is 25.3 Å². The van der Waals surface area contributed by atoms with E-state index in [1.165, 1.54) is 19.1 Å². The summed E-state index contributed by atoms with van der Waals surface area (Å²) in [6.07, 6.45) is 0. The molecule has 6 nitrogen and oxygen atoms in total. The number of carbonyl (C=O) groups is 2. The van der Waals surface area contributed by atoms with Gasteiger partial charge in [0.1, 0.15) is 5.75 Å². The fourth-order valence-electron chi connectivity index (χ4n) is 1.84. The van der Waals surface area contributed by atoms with E-state index in [0.29, 0.717) is 17.0 Å². The first-order chi connectivity index (χ1) is 9.40. The van der Waals surface area contributed by atoms with Gasteiger partial charge in [-0.05, 0) is 12.1 Å². The quantitative estimate of drug-likeness (QED) is 0.646. The van der Waals surface area contributed by atoms with Crippen molar-refractivity contribution >= 4 is 17.6 Å². The molecule has 1 unspecified atom stereocenters. The molecule has 0 fully saturated rings. The molecule has 0 saturated heterocycles. The predicted molar refractivity (Wildman–Crippen MR) is 75.5 cm³/mol. The lowest BCUT2D eigenvalue weighted by atomic mass is 10.1. The maximum atomic E-state index is 12.3. The minimum Gasteiger partial charge on any atom is -0.497 e. The molecule has 6 heteroatoms. The molecule has 1 atom stereocenters. The van der Waals surface area contributed by atoms with Crippen molar-refractivity contribution < 1.29 is 19.1 Å². The van der Waals surface area contributed by atoms with Gasteiger partial charge in [0.25, 0.3) is 5.91 Å². The van der Waals surface area contributed by atoms with Gasteiger partial charge in [-0.1, -0.05) is 6.92 Å². The first-order valence-electron chi connectivity index (χ1n) is 6.17. The van der Waals surface area contributed by atoms with Crippen LogP contribution in [0.4, 0.5) is 5.69 Å². The molecule has 0 radical (unpaired) electrons. The van der Waals surface area contributed by atoms with Crippen LogP contribution in [0.3, 0.4) is 0 Å². The third-order valence-corrected chi connectivity index (χ3v) is 2.99. The Hall–Kier alpha value is -2.24. The molecule has 110 valence electrons. The second kappa shape index (κ2) is 6.79. The van der Waals surface area contributed by atoms with Gasteiger partial charge in [-0.2, -0.15) is 0 Å². The lowest BCUT2D eigenvalue weighted by molar-refractivity contribution is -0.145. The van der Waals surface area contributed by atoms with Gasteiger partial charge in [-0.3, -0.25) is 9.59 Å². The Kier molecular flexibility index (Phi) is 5.37. The van der Waals surface area contributed by atoms with Crippen molar-refractivity contribution in [3.63, 3.8) is 0 Å². The maximum Gasteiger partial charge on any atom is 0.310 e. The SMILES string of the molecule is COC(=O)C(C)CN(C)C(=O)c1ccc(OC)cc1N. The zero-order valence-electron chi connectivity index (χ0n) is 12.2. The van der Waals surface area contributed by atoms with Crippen LogP contribution in [0.25, 0.3) is 0 Å². The summed E-state index contributed by atoms with van der Waals surface area (Å²) in [6.45, 7) is 1.96. The third-order valence-electron chi connectivity index (χ3n) is 2.99. The van der Waals surface area contributed by atoms with E-state index in [-0.39, 0.29) is 18.4 Å². The summed E-state index contributed by atoms with van der Waals surface area (Å²) >= 11 is 0. The lowest BCUT2D eigenvalue weighted by Crippen LogP contribution is -2.34. The number of hydrogen-bond acceptors (Lipinski definition) is 5. The van der Waals surface area contributed by atoms with Crippen LogP contribution >= 0.6 is 0 Å². The molecule has 1 rings (SSSR count). The molecule has 20 heavy (non-hydrogen) atoms. The van der Waals surface area contributed by atoms with E-state index < -0.39 is 5.92 Å². The highest BCUT2D eigenvalue weighted by Crippen LogP contribution is 2.21. The summed E-state index contributed by atoms with van der Waals surface area (Å²) < 4.78 is 9.67. The minimum absolute atomic E-state index is 0.249. The van der Waals surface area contributed by atoms with Crippen LogP contribution in [0.2, 0.25) is 0 Å². The Morgan fingerprint density at radius 2 is 2.00 bits per heavy atom. The van der Waals surface area contributed by atoms with Gasteiger partial charge in [-0.25, -0.2) is 0 Å². The van der Waals surface area contributed by atoms with Crippen LogP contribution in [0, 0.1) is 5.92 Å². The van der Waals surface area contributed by atoms with Gasteiger partial charge >= 0.3 is 5.97 Å². The zero-order chi connectivity index (χ0) is 15.3. The van der Waals surface area contributed by atoms with E-state index in [2.05, 4.69) is 4.74 Å². The van der Waals surface area contributed by atoms with Crippen LogP contribution in [0.1, 0.15) is 17.3 Å². The molecule has 0 aliphatic heterocycles. The molecule has 1 aromatic carbocycles. The number of amides is 1. The molecule has 0 saturated carbocycles. The zero-order valence-corrected chi connectivity index (χ0v) is 12.2. The van der Waals surface area contributed by atoms with Gasteiger partial charge in [0.05, 0.1) is 25.7 Å². The monoisotopic (exact) mass is 280 g/mol. The first kappa shape index (κ1) is 15.8. The van der Waals surface area contributed by atoms with Crippen molar-refractivity contribution in [3.05, 3.63) is 23.8 Å². The van der Waals surface area contributed by atoms with Gasteiger partial charge in [0.15, 0.2) is 0 Å². The highest BCUT2D eigenvalue weighted by Gasteiger charge is 2.21. The topological polar surface area (TPSA) is 81.9 Å². The fraction of sp³-hybridized carbons (Fsp3) is 0.429. The standard InChI is InChI=1S/C14H20N2O4/c1-9(14(18)20-4)8-16(2)13(17)11-6-5-10(19-3)7-12(11)15/h5-7,9H,8,15H2,1-4H3. The molecule has 0 aliphatic carbocycles. The molecule has 0 aromatic heterocycles. The summed E-state index contributed by atoms with van der Waals surface area (Å²) in [5.41, 5.74) is 6.55. The van der Waals surface area contributed by atoms with E-state index in [4.69, 9.17) is 10.5 Å². The van der Waals surface area contributed by atoms with Crippen molar-refractivity contribution in [2.24, 2.45) is 5.92 Å².